The number of hydrogen-bond donors (Lipinski definition) is 1. The van der Waals surface area contributed by atoms with Crippen LogP contribution in [0, 0.1) is 0 Å². The Morgan fingerprint density at radius 2 is 1.80 bits per heavy atom. The Morgan fingerprint density at radius 3 is 2.50 bits per heavy atom. The van der Waals surface area contributed by atoms with Gasteiger partial charge in [0.15, 0.2) is 0 Å². The SMILES string of the molecule is CCOC(=O)Nc1ccc2c(COC(=O)[C@@H](CC)c3ccccc3)cc(=O)oc2c1. The van der Waals surface area contributed by atoms with Crippen molar-refractivity contribution in [2.24, 2.45) is 0 Å². The molecule has 1 heterocycles. The van der Waals surface area contributed by atoms with Gasteiger partial charge < -0.3 is 13.9 Å². The van der Waals surface area contributed by atoms with Gasteiger partial charge in [-0.15, -0.1) is 0 Å². The highest BCUT2D eigenvalue weighted by atomic mass is 16.5. The summed E-state index contributed by atoms with van der Waals surface area (Å²) >= 11 is 0. The van der Waals surface area contributed by atoms with E-state index in [4.69, 9.17) is 13.9 Å². The Labute approximate surface area is 173 Å². The van der Waals surface area contributed by atoms with Crippen molar-refractivity contribution < 1.29 is 23.5 Å². The number of carbonyl (C=O) groups is 2. The van der Waals surface area contributed by atoms with E-state index in [0.29, 0.717) is 23.1 Å². The molecule has 3 rings (SSSR count). The van der Waals surface area contributed by atoms with Crippen molar-refractivity contribution in [1.82, 2.24) is 0 Å². The molecule has 0 radical (unpaired) electrons. The van der Waals surface area contributed by atoms with Crippen LogP contribution < -0.4 is 10.9 Å². The van der Waals surface area contributed by atoms with Crippen molar-refractivity contribution in [3.8, 4) is 0 Å². The summed E-state index contributed by atoms with van der Waals surface area (Å²) in [5.41, 5.74) is 1.54. The number of hydrogen-bond acceptors (Lipinski definition) is 6. The maximum Gasteiger partial charge on any atom is 0.411 e. The van der Waals surface area contributed by atoms with Gasteiger partial charge in [0, 0.05) is 28.8 Å². The van der Waals surface area contributed by atoms with Crippen molar-refractivity contribution in [1.29, 1.82) is 0 Å². The third-order valence-electron chi connectivity index (χ3n) is 4.62. The number of esters is 1. The first-order chi connectivity index (χ1) is 14.5. The van der Waals surface area contributed by atoms with Crippen molar-refractivity contribution in [2.75, 3.05) is 11.9 Å². The van der Waals surface area contributed by atoms with Gasteiger partial charge >= 0.3 is 17.7 Å². The van der Waals surface area contributed by atoms with E-state index < -0.39 is 11.7 Å². The quantitative estimate of drug-likeness (QED) is 0.453. The second-order valence-corrected chi connectivity index (χ2v) is 6.63. The zero-order valence-corrected chi connectivity index (χ0v) is 16.8. The predicted octanol–water partition coefficient (Wildman–Crippen LogP) is 4.60. The van der Waals surface area contributed by atoms with Gasteiger partial charge in [0.2, 0.25) is 0 Å². The molecule has 0 aliphatic carbocycles. The summed E-state index contributed by atoms with van der Waals surface area (Å²) in [7, 11) is 0. The van der Waals surface area contributed by atoms with Gasteiger partial charge in [0.05, 0.1) is 12.5 Å². The first kappa shape index (κ1) is 21.1. The summed E-state index contributed by atoms with van der Waals surface area (Å²) in [5.74, 6) is -0.733. The van der Waals surface area contributed by atoms with Gasteiger partial charge in [-0.25, -0.2) is 9.59 Å². The van der Waals surface area contributed by atoms with Gasteiger partial charge in [-0.3, -0.25) is 10.1 Å². The highest BCUT2D eigenvalue weighted by molar-refractivity contribution is 5.90. The zero-order chi connectivity index (χ0) is 21.5. The van der Waals surface area contributed by atoms with E-state index in [9.17, 15) is 14.4 Å². The molecule has 1 amide bonds. The fourth-order valence-corrected chi connectivity index (χ4v) is 3.19. The Bertz CT molecular complexity index is 1090. The smallest absolute Gasteiger partial charge is 0.411 e. The number of amides is 1. The van der Waals surface area contributed by atoms with Crippen LogP contribution in [0.1, 0.15) is 37.3 Å². The molecule has 0 saturated heterocycles. The number of carbonyl (C=O) groups excluding carboxylic acids is 2. The van der Waals surface area contributed by atoms with Crippen LogP contribution in [0.5, 0.6) is 0 Å². The predicted molar refractivity (Wildman–Crippen MR) is 112 cm³/mol. The van der Waals surface area contributed by atoms with E-state index in [1.807, 2.05) is 37.3 Å². The fourth-order valence-electron chi connectivity index (χ4n) is 3.19. The van der Waals surface area contributed by atoms with Crippen molar-refractivity contribution in [3.05, 3.63) is 76.1 Å². The maximum atomic E-state index is 12.6. The minimum Gasteiger partial charge on any atom is -0.460 e. The van der Waals surface area contributed by atoms with Crippen molar-refractivity contribution in [2.45, 2.75) is 32.8 Å². The van der Waals surface area contributed by atoms with Gasteiger partial charge in [-0.2, -0.15) is 0 Å². The van der Waals surface area contributed by atoms with Crippen molar-refractivity contribution >= 4 is 28.7 Å². The minimum absolute atomic E-state index is 0.0606. The van der Waals surface area contributed by atoms with Crippen LogP contribution in [-0.4, -0.2) is 18.7 Å². The van der Waals surface area contributed by atoms with E-state index in [0.717, 1.165) is 5.56 Å². The van der Waals surface area contributed by atoms with Crippen LogP contribution in [-0.2, 0) is 20.9 Å². The summed E-state index contributed by atoms with van der Waals surface area (Å²) in [5, 5.41) is 3.17. The third-order valence-corrected chi connectivity index (χ3v) is 4.62. The van der Waals surface area contributed by atoms with E-state index in [-0.39, 0.29) is 30.7 Å². The molecule has 2 aromatic carbocycles. The lowest BCUT2D eigenvalue weighted by Gasteiger charge is -2.15. The second-order valence-electron chi connectivity index (χ2n) is 6.63. The molecular formula is C23H23NO6. The Morgan fingerprint density at radius 1 is 1.03 bits per heavy atom. The van der Waals surface area contributed by atoms with Crippen molar-refractivity contribution in [3.63, 3.8) is 0 Å². The molecule has 1 atom stereocenters. The summed E-state index contributed by atoms with van der Waals surface area (Å²) in [6.45, 7) is 3.80. The first-order valence-corrected chi connectivity index (χ1v) is 9.74. The number of benzene rings is 2. The number of nitrogens with one attached hydrogen (secondary N) is 1. The summed E-state index contributed by atoms with van der Waals surface area (Å²) in [6, 6.07) is 15.6. The molecule has 0 aliphatic rings. The number of ether oxygens (including phenoxy) is 2. The minimum atomic E-state index is -0.601. The topological polar surface area (TPSA) is 94.8 Å². The molecule has 0 bridgehead atoms. The van der Waals surface area contributed by atoms with Crippen LogP contribution >= 0.6 is 0 Å². The average molecular weight is 409 g/mol. The van der Waals surface area contributed by atoms with Gasteiger partial charge in [0.1, 0.15) is 12.2 Å². The van der Waals surface area contributed by atoms with Crippen LogP contribution in [0.3, 0.4) is 0 Å². The number of fused-ring (bicyclic) bond motifs is 1. The van der Waals surface area contributed by atoms with Crippen LogP contribution in [0.25, 0.3) is 11.0 Å². The first-order valence-electron chi connectivity index (χ1n) is 9.74. The molecular weight excluding hydrogens is 386 g/mol. The molecule has 1 aromatic heterocycles. The largest absolute Gasteiger partial charge is 0.460 e. The van der Waals surface area contributed by atoms with E-state index in [1.165, 1.54) is 12.1 Å². The monoisotopic (exact) mass is 409 g/mol. The number of rotatable bonds is 7. The zero-order valence-electron chi connectivity index (χ0n) is 16.8. The molecule has 3 aromatic rings. The van der Waals surface area contributed by atoms with Crippen LogP contribution in [0.4, 0.5) is 10.5 Å². The van der Waals surface area contributed by atoms with Gasteiger partial charge in [-0.1, -0.05) is 37.3 Å². The molecule has 0 fully saturated rings. The van der Waals surface area contributed by atoms with Gasteiger partial charge in [-0.05, 0) is 31.0 Å². The lowest BCUT2D eigenvalue weighted by Crippen LogP contribution is -2.16. The van der Waals surface area contributed by atoms with Crippen LogP contribution in [0.2, 0.25) is 0 Å². The highest BCUT2D eigenvalue weighted by Gasteiger charge is 2.20. The number of anilines is 1. The molecule has 156 valence electrons. The molecule has 7 heteroatoms. The Hall–Kier alpha value is -3.61. The normalized spacial score (nSPS) is 11.7. The van der Waals surface area contributed by atoms with E-state index in [2.05, 4.69) is 5.32 Å². The summed E-state index contributed by atoms with van der Waals surface area (Å²) < 4.78 is 15.6. The highest BCUT2D eigenvalue weighted by Crippen LogP contribution is 2.24. The Balaban J connectivity index is 1.79. The molecule has 1 N–H and O–H groups in total. The standard InChI is InChI=1S/C23H23NO6/c1-3-18(15-8-6-5-7-9-15)22(26)29-14-16-12-21(25)30-20-13-17(10-11-19(16)20)24-23(27)28-4-2/h5-13,18H,3-4,14H2,1-2H3,(H,24,27)/t18-/m0/s1. The molecule has 7 nitrogen and oxygen atoms in total. The molecule has 0 unspecified atom stereocenters. The average Bonchev–Trinajstić information content (AvgIpc) is 2.73. The third kappa shape index (κ3) is 5.05. The molecule has 0 spiro atoms. The second kappa shape index (κ2) is 9.73. The lowest BCUT2D eigenvalue weighted by atomic mass is 9.97. The molecule has 0 saturated carbocycles. The Kier molecular flexibility index (Phi) is 6.85. The van der Waals surface area contributed by atoms with Crippen LogP contribution in [0.15, 0.2) is 63.8 Å². The van der Waals surface area contributed by atoms with E-state index in [1.54, 1.807) is 19.1 Å². The van der Waals surface area contributed by atoms with E-state index >= 15 is 0 Å². The maximum absolute atomic E-state index is 12.6. The molecule has 30 heavy (non-hydrogen) atoms. The van der Waals surface area contributed by atoms with Gasteiger partial charge in [0.25, 0.3) is 0 Å². The molecule has 0 aliphatic heterocycles. The lowest BCUT2D eigenvalue weighted by molar-refractivity contribution is -0.146. The summed E-state index contributed by atoms with van der Waals surface area (Å²) in [6.07, 6.45) is -0.000503. The fraction of sp³-hybridized carbons (Fsp3) is 0.261. The summed E-state index contributed by atoms with van der Waals surface area (Å²) in [4.78, 5) is 36.2.